The van der Waals surface area contributed by atoms with Gasteiger partial charge >= 0.3 is 7.12 Å². The van der Waals surface area contributed by atoms with E-state index in [1.54, 1.807) is 6.07 Å². The molecule has 8 heteroatoms. The quantitative estimate of drug-likeness (QED) is 0.596. The minimum absolute atomic E-state index is 0.0828. The number of rotatable bonds is 6. The molecule has 1 aliphatic heterocycles. The number of nitrogens with zero attached hydrogens (tertiary/aromatic N) is 2. The van der Waals surface area contributed by atoms with E-state index in [9.17, 15) is 14.9 Å². The zero-order valence-electron chi connectivity index (χ0n) is 15.0. The zero-order valence-corrected chi connectivity index (χ0v) is 15.0. The Bertz CT molecular complexity index is 823. The number of aliphatic hydroxyl groups excluding tert-OH is 1. The third-order valence-corrected chi connectivity index (χ3v) is 4.39. The highest BCUT2D eigenvalue weighted by Crippen LogP contribution is 2.26. The Hall–Kier alpha value is -2.29. The summed E-state index contributed by atoms with van der Waals surface area (Å²) in [6, 6.07) is 3.64. The number of benzene rings is 1. The lowest BCUT2D eigenvalue weighted by atomic mass is 9.76. The van der Waals surface area contributed by atoms with Crippen LogP contribution in [0.3, 0.4) is 0 Å². The van der Waals surface area contributed by atoms with Crippen molar-refractivity contribution in [3.8, 4) is 11.6 Å². The van der Waals surface area contributed by atoms with Crippen LogP contribution in [0.4, 0.5) is 0 Å². The van der Waals surface area contributed by atoms with E-state index in [1.807, 2.05) is 26.8 Å². The molecule has 0 fully saturated rings. The summed E-state index contributed by atoms with van der Waals surface area (Å²) in [6.07, 6.45) is 2.94. The van der Waals surface area contributed by atoms with Gasteiger partial charge in [-0.15, -0.1) is 0 Å². The summed E-state index contributed by atoms with van der Waals surface area (Å²) in [5, 5.41) is 19.2. The molecule has 7 nitrogen and oxygen atoms in total. The molecule has 3 rings (SSSR count). The number of aliphatic hydroxyl groups is 1. The first-order valence-corrected chi connectivity index (χ1v) is 8.37. The zero-order chi connectivity index (χ0) is 18.9. The van der Waals surface area contributed by atoms with Gasteiger partial charge in [0.25, 0.3) is 0 Å². The summed E-state index contributed by atoms with van der Waals surface area (Å²) in [7, 11) is -0.950. The van der Waals surface area contributed by atoms with Crippen molar-refractivity contribution in [1.82, 2.24) is 9.97 Å². The van der Waals surface area contributed by atoms with Gasteiger partial charge in [0.2, 0.25) is 5.88 Å². The molecule has 0 unspecified atom stereocenters. The van der Waals surface area contributed by atoms with Crippen LogP contribution < -0.4 is 10.2 Å². The molecule has 0 aliphatic carbocycles. The van der Waals surface area contributed by atoms with E-state index in [0.29, 0.717) is 17.8 Å². The van der Waals surface area contributed by atoms with Crippen molar-refractivity contribution in [2.75, 3.05) is 6.61 Å². The molecule has 0 bridgehead atoms. The average Bonchev–Trinajstić information content (AvgIpc) is 2.99. The lowest BCUT2D eigenvalue weighted by molar-refractivity contribution is 0.0853. The number of hydrogen-bond donors (Lipinski definition) is 2. The van der Waals surface area contributed by atoms with Gasteiger partial charge in [0.05, 0.1) is 19.0 Å². The number of fused-ring (bicyclic) bond motifs is 1. The third-order valence-electron chi connectivity index (χ3n) is 4.39. The normalized spacial score (nSPS) is 13.7. The number of ether oxygens (including phenoxy) is 1. The Morgan fingerprint density at radius 1 is 1.35 bits per heavy atom. The summed E-state index contributed by atoms with van der Waals surface area (Å²) in [6.45, 7) is 5.75. The maximum absolute atomic E-state index is 12.2. The van der Waals surface area contributed by atoms with Gasteiger partial charge in [0, 0.05) is 13.0 Å². The van der Waals surface area contributed by atoms with Crippen LogP contribution in [-0.4, -0.2) is 39.6 Å². The van der Waals surface area contributed by atoms with Crippen LogP contribution in [0.5, 0.6) is 11.6 Å². The van der Waals surface area contributed by atoms with Crippen LogP contribution in [0.25, 0.3) is 0 Å². The smallest absolute Gasteiger partial charge is 0.437 e. The highest BCUT2D eigenvalue weighted by atomic mass is 16.5. The average molecular weight is 356 g/mol. The van der Waals surface area contributed by atoms with E-state index in [0.717, 1.165) is 11.1 Å². The van der Waals surface area contributed by atoms with Crippen molar-refractivity contribution in [2.24, 2.45) is 5.41 Å². The molecule has 26 heavy (non-hydrogen) atoms. The first-order chi connectivity index (χ1) is 12.3. The van der Waals surface area contributed by atoms with Crippen LogP contribution in [-0.2, 0) is 11.3 Å². The summed E-state index contributed by atoms with van der Waals surface area (Å²) in [5.41, 5.74) is 2.15. The molecule has 2 N–H and O–H groups in total. The number of Topliss-reactive ketones (excluding diaryl/α,β-unsaturated/α-hetero) is 1. The summed E-state index contributed by atoms with van der Waals surface area (Å²) < 4.78 is 11.0. The van der Waals surface area contributed by atoms with E-state index >= 15 is 0 Å². The second-order valence-electron chi connectivity index (χ2n) is 7.19. The minimum atomic E-state index is -0.950. The molecule has 0 atom stereocenters. The molecule has 0 saturated carbocycles. The SMILES string of the molecule is Cc1c(Oc2cnc(C(=O)CC(C)(C)CO)cn2)ccc2c1B(O)OC2. The molecule has 0 radical (unpaired) electrons. The third kappa shape index (κ3) is 3.77. The standard InChI is InChI=1S/C18H21BN2O5/c1-11-15(5-4-12-9-25-19(24)17(11)12)26-16-8-20-13(7-21-16)14(23)6-18(2,3)10-22/h4-5,7-8,22,24H,6,9-10H2,1-3H3. The van der Waals surface area contributed by atoms with Crippen LogP contribution in [0.15, 0.2) is 24.5 Å². The highest BCUT2D eigenvalue weighted by Gasteiger charge is 2.30. The van der Waals surface area contributed by atoms with Crippen LogP contribution in [0.1, 0.15) is 41.9 Å². The first kappa shape index (κ1) is 18.5. The molecule has 1 aliphatic rings. The largest absolute Gasteiger partial charge is 0.492 e. The monoisotopic (exact) mass is 356 g/mol. The topological polar surface area (TPSA) is 102 Å². The molecule has 1 aromatic carbocycles. The van der Waals surface area contributed by atoms with E-state index < -0.39 is 12.5 Å². The van der Waals surface area contributed by atoms with Crippen LogP contribution in [0, 0.1) is 12.3 Å². The number of ketones is 1. The number of aromatic nitrogens is 2. The Morgan fingerprint density at radius 3 is 2.77 bits per heavy atom. The maximum Gasteiger partial charge on any atom is 0.492 e. The molecular weight excluding hydrogens is 335 g/mol. The summed E-state index contributed by atoms with van der Waals surface area (Å²) in [5.74, 6) is 0.611. The molecule has 1 aromatic heterocycles. The van der Waals surface area contributed by atoms with Crippen molar-refractivity contribution in [3.05, 3.63) is 41.3 Å². The van der Waals surface area contributed by atoms with Crippen molar-refractivity contribution < 1.29 is 24.3 Å². The molecule has 0 spiro atoms. The van der Waals surface area contributed by atoms with E-state index in [2.05, 4.69) is 9.97 Å². The second kappa shape index (κ2) is 7.15. The van der Waals surface area contributed by atoms with Gasteiger partial charge in [-0.05, 0) is 35.0 Å². The van der Waals surface area contributed by atoms with E-state index in [-0.39, 0.29) is 30.4 Å². The number of hydrogen-bond acceptors (Lipinski definition) is 7. The molecule has 2 aromatic rings. The fourth-order valence-electron chi connectivity index (χ4n) is 2.80. The molecular formula is C18H21BN2O5. The fraction of sp³-hybridized carbons (Fsp3) is 0.389. The van der Waals surface area contributed by atoms with Gasteiger partial charge in [-0.1, -0.05) is 19.9 Å². The van der Waals surface area contributed by atoms with Gasteiger partial charge in [-0.2, -0.15) is 0 Å². The lowest BCUT2D eigenvalue weighted by Crippen LogP contribution is -2.30. The van der Waals surface area contributed by atoms with Crippen LogP contribution >= 0.6 is 0 Å². The van der Waals surface area contributed by atoms with Gasteiger partial charge in [0.15, 0.2) is 5.78 Å². The summed E-state index contributed by atoms with van der Waals surface area (Å²) >= 11 is 0. The van der Waals surface area contributed by atoms with Gasteiger partial charge < -0.3 is 19.5 Å². The Kier molecular flexibility index (Phi) is 5.09. The first-order valence-electron chi connectivity index (χ1n) is 8.37. The van der Waals surface area contributed by atoms with Crippen molar-refractivity contribution in [3.63, 3.8) is 0 Å². The Labute approximate surface area is 152 Å². The number of carbonyl (C=O) groups is 1. The lowest BCUT2D eigenvalue weighted by Gasteiger charge is -2.19. The van der Waals surface area contributed by atoms with Crippen molar-refractivity contribution >= 4 is 18.4 Å². The van der Waals surface area contributed by atoms with Gasteiger partial charge in [-0.25, -0.2) is 9.97 Å². The number of carbonyl (C=O) groups excluding carboxylic acids is 1. The fourth-order valence-corrected chi connectivity index (χ4v) is 2.80. The molecule has 0 saturated heterocycles. The van der Waals surface area contributed by atoms with Crippen molar-refractivity contribution in [1.29, 1.82) is 0 Å². The molecule has 136 valence electrons. The van der Waals surface area contributed by atoms with Gasteiger partial charge in [-0.3, -0.25) is 4.79 Å². The second-order valence-corrected chi connectivity index (χ2v) is 7.19. The highest BCUT2D eigenvalue weighted by molar-refractivity contribution is 6.62. The predicted octanol–water partition coefficient (Wildman–Crippen LogP) is 1.39. The molecule has 0 amide bonds. The Morgan fingerprint density at radius 2 is 2.12 bits per heavy atom. The van der Waals surface area contributed by atoms with Crippen molar-refractivity contribution in [2.45, 2.75) is 33.8 Å². The van der Waals surface area contributed by atoms with Crippen LogP contribution in [0.2, 0.25) is 0 Å². The predicted molar refractivity (Wildman–Crippen MR) is 95.5 cm³/mol. The van der Waals surface area contributed by atoms with Gasteiger partial charge in [0.1, 0.15) is 11.4 Å². The van der Waals surface area contributed by atoms with E-state index in [4.69, 9.17) is 9.39 Å². The summed E-state index contributed by atoms with van der Waals surface area (Å²) in [4.78, 5) is 20.5. The maximum atomic E-state index is 12.2. The van der Waals surface area contributed by atoms with E-state index in [1.165, 1.54) is 12.4 Å². The molecule has 2 heterocycles. The Balaban J connectivity index is 1.75. The minimum Gasteiger partial charge on any atom is -0.437 e.